The summed E-state index contributed by atoms with van der Waals surface area (Å²) in [5.74, 6) is 0.727. The normalized spacial score (nSPS) is 14.9. The van der Waals surface area contributed by atoms with Gasteiger partial charge in [0.05, 0.1) is 22.6 Å². The molecule has 0 aliphatic carbocycles. The number of aromatic nitrogens is 2. The standard InChI is InChI=1S/C25H25ClN4OS/c1-16-7-9-18(10-8-16)22-17(2)32-25-23(22)24(31)27-21(28-25)15-29-11-13-30(14-12-29)20-6-4-3-5-19(20)26/h3-10H,11-15H2,1-2H3,(H,27,28,31). The van der Waals surface area contributed by atoms with Gasteiger partial charge in [0.15, 0.2) is 0 Å². The fourth-order valence-electron chi connectivity index (χ4n) is 4.37. The molecule has 5 nitrogen and oxygen atoms in total. The van der Waals surface area contributed by atoms with Crippen LogP contribution in [0.15, 0.2) is 53.3 Å². The molecule has 32 heavy (non-hydrogen) atoms. The van der Waals surface area contributed by atoms with E-state index in [1.165, 1.54) is 5.56 Å². The van der Waals surface area contributed by atoms with Crippen LogP contribution in [0.2, 0.25) is 5.02 Å². The molecule has 164 valence electrons. The quantitative estimate of drug-likeness (QED) is 0.448. The molecule has 0 amide bonds. The van der Waals surface area contributed by atoms with Crippen LogP contribution < -0.4 is 10.5 Å². The summed E-state index contributed by atoms with van der Waals surface area (Å²) >= 11 is 7.95. The van der Waals surface area contributed by atoms with Crippen LogP contribution in [0.1, 0.15) is 16.3 Å². The van der Waals surface area contributed by atoms with Gasteiger partial charge in [-0.15, -0.1) is 11.3 Å². The van der Waals surface area contributed by atoms with E-state index in [1.54, 1.807) is 11.3 Å². The van der Waals surface area contributed by atoms with Crippen LogP contribution >= 0.6 is 22.9 Å². The fraction of sp³-hybridized carbons (Fsp3) is 0.280. The third-order valence-electron chi connectivity index (χ3n) is 6.07. The lowest BCUT2D eigenvalue weighted by Gasteiger charge is -2.36. The number of thiophene rings is 1. The van der Waals surface area contributed by atoms with Gasteiger partial charge in [0.25, 0.3) is 5.56 Å². The molecule has 0 spiro atoms. The first kappa shape index (κ1) is 21.2. The highest BCUT2D eigenvalue weighted by Crippen LogP contribution is 2.35. The minimum absolute atomic E-state index is 0.0559. The van der Waals surface area contributed by atoms with Gasteiger partial charge in [-0.2, -0.15) is 0 Å². The second-order valence-corrected chi connectivity index (χ2v) is 9.92. The van der Waals surface area contributed by atoms with Gasteiger partial charge in [0.2, 0.25) is 0 Å². The number of aryl methyl sites for hydroxylation is 2. The zero-order chi connectivity index (χ0) is 22.2. The van der Waals surface area contributed by atoms with Gasteiger partial charge in [-0.25, -0.2) is 4.98 Å². The van der Waals surface area contributed by atoms with E-state index in [0.29, 0.717) is 11.9 Å². The first-order valence-electron chi connectivity index (χ1n) is 10.8. The highest BCUT2D eigenvalue weighted by Gasteiger charge is 2.21. The van der Waals surface area contributed by atoms with E-state index >= 15 is 0 Å². The number of rotatable bonds is 4. The molecule has 1 N–H and O–H groups in total. The molecule has 1 aliphatic heterocycles. The average molecular weight is 465 g/mol. The number of H-pyrrole nitrogens is 1. The number of aromatic amines is 1. The number of nitrogens with zero attached hydrogens (tertiary/aromatic N) is 3. The van der Waals surface area contributed by atoms with Crippen molar-refractivity contribution in [1.29, 1.82) is 0 Å². The molecular weight excluding hydrogens is 440 g/mol. The minimum atomic E-state index is -0.0559. The van der Waals surface area contributed by atoms with Crippen molar-refractivity contribution in [1.82, 2.24) is 14.9 Å². The van der Waals surface area contributed by atoms with Crippen LogP contribution in [0.25, 0.3) is 21.3 Å². The van der Waals surface area contributed by atoms with E-state index in [-0.39, 0.29) is 5.56 Å². The number of fused-ring (bicyclic) bond motifs is 1. The molecule has 7 heteroatoms. The average Bonchev–Trinajstić information content (AvgIpc) is 3.12. The lowest BCUT2D eigenvalue weighted by molar-refractivity contribution is 0.244. The zero-order valence-electron chi connectivity index (χ0n) is 18.2. The summed E-state index contributed by atoms with van der Waals surface area (Å²) < 4.78 is 0. The number of para-hydroxylation sites is 1. The summed E-state index contributed by atoms with van der Waals surface area (Å²) in [5.41, 5.74) is 4.29. The van der Waals surface area contributed by atoms with Gasteiger partial charge in [-0.05, 0) is 31.5 Å². The van der Waals surface area contributed by atoms with Crippen LogP contribution in [0.3, 0.4) is 0 Å². The van der Waals surface area contributed by atoms with Gasteiger partial charge in [0.1, 0.15) is 10.7 Å². The molecule has 1 saturated heterocycles. The maximum absolute atomic E-state index is 13.1. The Labute approximate surface area is 196 Å². The zero-order valence-corrected chi connectivity index (χ0v) is 19.8. The third-order valence-corrected chi connectivity index (χ3v) is 7.38. The molecular formula is C25H25ClN4OS. The van der Waals surface area contributed by atoms with E-state index in [2.05, 4.69) is 59.0 Å². The number of hydrogen-bond donors (Lipinski definition) is 1. The Morgan fingerprint density at radius 1 is 1.03 bits per heavy atom. The molecule has 0 unspecified atom stereocenters. The highest BCUT2D eigenvalue weighted by atomic mass is 35.5. The van der Waals surface area contributed by atoms with Crippen molar-refractivity contribution in [2.75, 3.05) is 31.1 Å². The summed E-state index contributed by atoms with van der Waals surface area (Å²) in [6.07, 6.45) is 0. The summed E-state index contributed by atoms with van der Waals surface area (Å²) in [5, 5.41) is 1.48. The maximum atomic E-state index is 13.1. The predicted octanol–water partition coefficient (Wildman–Crippen LogP) is 5.24. The van der Waals surface area contributed by atoms with Crippen LogP contribution in [-0.2, 0) is 6.54 Å². The number of anilines is 1. The third kappa shape index (κ3) is 4.06. The first-order valence-corrected chi connectivity index (χ1v) is 12.0. The van der Waals surface area contributed by atoms with E-state index < -0.39 is 0 Å². The van der Waals surface area contributed by atoms with Crippen molar-refractivity contribution in [2.45, 2.75) is 20.4 Å². The molecule has 0 bridgehead atoms. The molecule has 0 radical (unpaired) electrons. The molecule has 1 aliphatic rings. The van der Waals surface area contributed by atoms with Crippen molar-refractivity contribution >= 4 is 38.8 Å². The molecule has 0 saturated carbocycles. The molecule has 2 aromatic carbocycles. The largest absolute Gasteiger partial charge is 0.368 e. The minimum Gasteiger partial charge on any atom is -0.368 e. The first-order chi connectivity index (χ1) is 15.5. The molecule has 5 rings (SSSR count). The predicted molar refractivity (Wildman–Crippen MR) is 134 cm³/mol. The Kier molecular flexibility index (Phi) is 5.76. The van der Waals surface area contributed by atoms with E-state index in [0.717, 1.165) is 63.5 Å². The molecule has 4 aromatic rings. The summed E-state index contributed by atoms with van der Waals surface area (Å²) in [4.78, 5) is 27.5. The van der Waals surface area contributed by atoms with E-state index in [1.807, 2.05) is 18.2 Å². The van der Waals surface area contributed by atoms with Crippen LogP contribution in [0, 0.1) is 13.8 Å². The van der Waals surface area contributed by atoms with Gasteiger partial charge < -0.3 is 9.88 Å². The smallest absolute Gasteiger partial charge is 0.260 e. The van der Waals surface area contributed by atoms with Gasteiger partial charge in [-0.3, -0.25) is 9.69 Å². The number of hydrogen-bond acceptors (Lipinski definition) is 5. The number of piperazine rings is 1. The van der Waals surface area contributed by atoms with Crippen LogP contribution in [0.4, 0.5) is 5.69 Å². The lowest BCUT2D eigenvalue weighted by atomic mass is 10.0. The van der Waals surface area contributed by atoms with E-state index in [9.17, 15) is 4.79 Å². The Balaban J connectivity index is 1.36. The van der Waals surface area contributed by atoms with Crippen LogP contribution in [0.5, 0.6) is 0 Å². The number of nitrogens with one attached hydrogen (secondary N) is 1. The number of benzene rings is 2. The number of halogens is 1. The SMILES string of the molecule is Cc1ccc(-c2c(C)sc3nc(CN4CCN(c5ccccc5Cl)CC4)[nH]c(=O)c23)cc1. The van der Waals surface area contributed by atoms with Gasteiger partial charge >= 0.3 is 0 Å². The Bertz CT molecular complexity index is 1320. The Morgan fingerprint density at radius 3 is 2.47 bits per heavy atom. The van der Waals surface area contributed by atoms with Crippen molar-refractivity contribution in [2.24, 2.45) is 0 Å². The Morgan fingerprint density at radius 2 is 1.75 bits per heavy atom. The van der Waals surface area contributed by atoms with Gasteiger partial charge in [-0.1, -0.05) is 53.6 Å². The maximum Gasteiger partial charge on any atom is 0.260 e. The Hall–Kier alpha value is -2.67. The molecule has 3 heterocycles. The molecule has 0 atom stereocenters. The monoisotopic (exact) mass is 464 g/mol. The summed E-state index contributed by atoms with van der Waals surface area (Å²) in [6, 6.07) is 16.3. The topological polar surface area (TPSA) is 52.2 Å². The van der Waals surface area contributed by atoms with Crippen molar-refractivity contribution in [3.8, 4) is 11.1 Å². The van der Waals surface area contributed by atoms with Crippen molar-refractivity contribution < 1.29 is 0 Å². The second kappa shape index (κ2) is 8.70. The van der Waals surface area contributed by atoms with E-state index in [4.69, 9.17) is 16.6 Å². The molecule has 2 aromatic heterocycles. The summed E-state index contributed by atoms with van der Waals surface area (Å²) in [7, 11) is 0. The fourth-order valence-corrected chi connectivity index (χ4v) is 5.69. The highest BCUT2D eigenvalue weighted by molar-refractivity contribution is 7.19. The lowest BCUT2D eigenvalue weighted by Crippen LogP contribution is -2.46. The second-order valence-electron chi connectivity index (χ2n) is 8.31. The van der Waals surface area contributed by atoms with Crippen LogP contribution in [-0.4, -0.2) is 41.0 Å². The summed E-state index contributed by atoms with van der Waals surface area (Å²) in [6.45, 7) is 8.35. The van der Waals surface area contributed by atoms with Crippen molar-refractivity contribution in [3.05, 3.63) is 80.2 Å². The van der Waals surface area contributed by atoms with Crippen molar-refractivity contribution in [3.63, 3.8) is 0 Å². The molecule has 1 fully saturated rings. The van der Waals surface area contributed by atoms with Gasteiger partial charge in [0, 0.05) is 36.6 Å².